The van der Waals surface area contributed by atoms with Crippen LogP contribution in [0.5, 0.6) is 0 Å². The van der Waals surface area contributed by atoms with Crippen LogP contribution < -0.4 is 0 Å². The van der Waals surface area contributed by atoms with Gasteiger partial charge in [0, 0.05) is 25.0 Å². The Balaban J connectivity index is 1.98. The Bertz CT molecular complexity index is 331. The highest BCUT2D eigenvalue weighted by Crippen LogP contribution is 2.23. The van der Waals surface area contributed by atoms with Crippen molar-refractivity contribution in [3.05, 3.63) is 22.4 Å². The Morgan fingerprint density at radius 1 is 1.47 bits per heavy atom. The lowest BCUT2D eigenvalue weighted by Gasteiger charge is -2.43. The Morgan fingerprint density at radius 2 is 2.18 bits per heavy atom. The second kappa shape index (κ2) is 5.48. The molecule has 0 saturated carbocycles. The zero-order chi connectivity index (χ0) is 12.3. The van der Waals surface area contributed by atoms with Gasteiger partial charge in [-0.3, -0.25) is 4.90 Å². The molecule has 1 aliphatic rings. The largest absolute Gasteiger partial charge is 0.391 e. The SMILES string of the molecule is CC(C)(C(O)Cc1ccsc1)N1CCOCC1. The first-order chi connectivity index (χ1) is 8.10. The lowest BCUT2D eigenvalue weighted by atomic mass is 9.90. The normalized spacial score (nSPS) is 20.4. The maximum atomic E-state index is 10.4. The van der Waals surface area contributed by atoms with E-state index in [0.717, 1.165) is 32.7 Å². The van der Waals surface area contributed by atoms with Gasteiger partial charge in [0.25, 0.3) is 0 Å². The molecule has 17 heavy (non-hydrogen) atoms. The summed E-state index contributed by atoms with van der Waals surface area (Å²) in [7, 11) is 0. The van der Waals surface area contributed by atoms with E-state index in [1.807, 2.05) is 0 Å². The van der Waals surface area contributed by atoms with Crippen molar-refractivity contribution in [2.24, 2.45) is 0 Å². The third-order valence-electron chi connectivity index (χ3n) is 3.65. The Labute approximate surface area is 107 Å². The van der Waals surface area contributed by atoms with Crippen molar-refractivity contribution >= 4 is 11.3 Å². The van der Waals surface area contributed by atoms with Gasteiger partial charge in [0.1, 0.15) is 0 Å². The molecule has 1 N–H and O–H groups in total. The van der Waals surface area contributed by atoms with E-state index in [1.165, 1.54) is 5.56 Å². The van der Waals surface area contributed by atoms with Crippen molar-refractivity contribution in [1.29, 1.82) is 0 Å². The molecule has 1 atom stereocenters. The monoisotopic (exact) mass is 255 g/mol. The van der Waals surface area contributed by atoms with Gasteiger partial charge in [0.05, 0.1) is 19.3 Å². The number of nitrogens with zero attached hydrogens (tertiary/aromatic N) is 1. The highest BCUT2D eigenvalue weighted by atomic mass is 32.1. The summed E-state index contributed by atoms with van der Waals surface area (Å²) < 4.78 is 5.36. The first-order valence-corrected chi connectivity index (χ1v) is 7.07. The highest BCUT2D eigenvalue weighted by molar-refractivity contribution is 7.07. The summed E-state index contributed by atoms with van der Waals surface area (Å²) in [5.41, 5.74) is 1.04. The molecule has 1 aromatic heterocycles. The van der Waals surface area contributed by atoms with E-state index < -0.39 is 0 Å². The number of aliphatic hydroxyl groups is 1. The van der Waals surface area contributed by atoms with Crippen LogP contribution in [-0.4, -0.2) is 48.0 Å². The van der Waals surface area contributed by atoms with Gasteiger partial charge < -0.3 is 9.84 Å². The molecule has 0 aromatic carbocycles. The molecular formula is C13H21NO2S. The molecule has 1 aliphatic heterocycles. The molecule has 2 rings (SSSR count). The number of hydrogen-bond acceptors (Lipinski definition) is 4. The molecule has 1 aromatic rings. The predicted octanol–water partition coefficient (Wildman–Crippen LogP) is 1.76. The first-order valence-electron chi connectivity index (χ1n) is 6.12. The van der Waals surface area contributed by atoms with E-state index in [2.05, 4.69) is 35.6 Å². The fraction of sp³-hybridized carbons (Fsp3) is 0.692. The summed E-state index contributed by atoms with van der Waals surface area (Å²) in [6.45, 7) is 7.61. The summed E-state index contributed by atoms with van der Waals surface area (Å²) in [5, 5.41) is 14.6. The zero-order valence-electron chi connectivity index (χ0n) is 10.6. The van der Waals surface area contributed by atoms with Crippen molar-refractivity contribution in [2.45, 2.75) is 31.9 Å². The minimum Gasteiger partial charge on any atom is -0.391 e. The van der Waals surface area contributed by atoms with E-state index in [4.69, 9.17) is 4.74 Å². The van der Waals surface area contributed by atoms with Gasteiger partial charge in [-0.2, -0.15) is 11.3 Å². The molecule has 2 heterocycles. The summed E-state index contributed by atoms with van der Waals surface area (Å²) in [5.74, 6) is 0. The molecule has 3 nitrogen and oxygen atoms in total. The van der Waals surface area contributed by atoms with Crippen molar-refractivity contribution in [3.8, 4) is 0 Å². The summed E-state index contributed by atoms with van der Waals surface area (Å²) in [4.78, 5) is 2.33. The lowest BCUT2D eigenvalue weighted by molar-refractivity contribution is -0.0611. The van der Waals surface area contributed by atoms with Gasteiger partial charge in [0.15, 0.2) is 0 Å². The van der Waals surface area contributed by atoms with Crippen molar-refractivity contribution in [3.63, 3.8) is 0 Å². The third kappa shape index (κ3) is 3.07. The molecule has 0 radical (unpaired) electrons. The van der Waals surface area contributed by atoms with E-state index in [1.54, 1.807) is 11.3 Å². The van der Waals surface area contributed by atoms with E-state index in [-0.39, 0.29) is 11.6 Å². The minimum absolute atomic E-state index is 0.189. The van der Waals surface area contributed by atoms with Gasteiger partial charge in [-0.15, -0.1) is 0 Å². The Kier molecular flexibility index (Phi) is 4.20. The second-order valence-corrected chi connectivity index (χ2v) is 5.88. The minimum atomic E-state index is -0.338. The van der Waals surface area contributed by atoms with Crippen molar-refractivity contribution in [2.75, 3.05) is 26.3 Å². The summed E-state index contributed by atoms with van der Waals surface area (Å²) >= 11 is 1.68. The van der Waals surface area contributed by atoms with E-state index >= 15 is 0 Å². The van der Waals surface area contributed by atoms with Crippen LogP contribution in [0, 0.1) is 0 Å². The van der Waals surface area contributed by atoms with Gasteiger partial charge in [-0.1, -0.05) is 0 Å². The fourth-order valence-corrected chi connectivity index (χ4v) is 2.91. The van der Waals surface area contributed by atoms with E-state index in [9.17, 15) is 5.11 Å². The third-order valence-corrected chi connectivity index (χ3v) is 4.38. The van der Waals surface area contributed by atoms with Crippen LogP contribution in [0.4, 0.5) is 0 Å². The molecule has 4 heteroatoms. The van der Waals surface area contributed by atoms with Crippen LogP contribution in [0.3, 0.4) is 0 Å². The maximum absolute atomic E-state index is 10.4. The Hall–Kier alpha value is -0.420. The van der Waals surface area contributed by atoms with Crippen molar-refractivity contribution in [1.82, 2.24) is 4.90 Å². The molecule has 0 spiro atoms. The summed E-state index contributed by atoms with van der Waals surface area (Å²) in [6, 6.07) is 2.09. The number of thiophene rings is 1. The Morgan fingerprint density at radius 3 is 2.76 bits per heavy atom. The number of hydrogen-bond donors (Lipinski definition) is 1. The topological polar surface area (TPSA) is 32.7 Å². The molecule has 0 aliphatic carbocycles. The number of aliphatic hydroxyl groups excluding tert-OH is 1. The lowest BCUT2D eigenvalue weighted by Crippen LogP contribution is -2.56. The smallest absolute Gasteiger partial charge is 0.0759 e. The highest BCUT2D eigenvalue weighted by Gasteiger charge is 2.35. The fourth-order valence-electron chi connectivity index (χ4n) is 2.23. The quantitative estimate of drug-likeness (QED) is 0.890. The van der Waals surface area contributed by atoms with Gasteiger partial charge in [-0.05, 0) is 36.2 Å². The molecular weight excluding hydrogens is 234 g/mol. The average molecular weight is 255 g/mol. The van der Waals surface area contributed by atoms with Gasteiger partial charge >= 0.3 is 0 Å². The van der Waals surface area contributed by atoms with Crippen LogP contribution in [0.25, 0.3) is 0 Å². The van der Waals surface area contributed by atoms with Crippen LogP contribution in [0.15, 0.2) is 16.8 Å². The zero-order valence-corrected chi connectivity index (χ0v) is 11.4. The van der Waals surface area contributed by atoms with Crippen molar-refractivity contribution < 1.29 is 9.84 Å². The summed E-state index contributed by atoms with van der Waals surface area (Å²) in [6.07, 6.45) is 0.392. The molecule has 0 bridgehead atoms. The number of ether oxygens (including phenoxy) is 1. The van der Waals surface area contributed by atoms with E-state index in [0.29, 0.717) is 0 Å². The standard InChI is InChI=1S/C13H21NO2S/c1-13(2,14-4-6-16-7-5-14)12(15)9-11-3-8-17-10-11/h3,8,10,12,15H,4-7,9H2,1-2H3. The maximum Gasteiger partial charge on any atom is 0.0759 e. The molecule has 1 fully saturated rings. The number of morpholine rings is 1. The first kappa shape index (κ1) is 13.0. The van der Waals surface area contributed by atoms with Gasteiger partial charge in [0.2, 0.25) is 0 Å². The second-order valence-electron chi connectivity index (χ2n) is 5.10. The van der Waals surface area contributed by atoms with Crippen LogP contribution in [0.2, 0.25) is 0 Å². The molecule has 0 amide bonds. The van der Waals surface area contributed by atoms with Crippen LogP contribution in [0.1, 0.15) is 19.4 Å². The molecule has 1 unspecified atom stereocenters. The van der Waals surface area contributed by atoms with Crippen LogP contribution in [-0.2, 0) is 11.2 Å². The molecule has 1 saturated heterocycles. The molecule has 96 valence electrons. The van der Waals surface area contributed by atoms with Gasteiger partial charge in [-0.25, -0.2) is 0 Å². The van der Waals surface area contributed by atoms with Crippen LogP contribution >= 0.6 is 11.3 Å². The predicted molar refractivity (Wildman–Crippen MR) is 70.5 cm³/mol. The number of rotatable bonds is 4. The average Bonchev–Trinajstić information content (AvgIpc) is 2.83.